The normalized spacial score (nSPS) is 17.9. The van der Waals surface area contributed by atoms with Crippen LogP contribution >= 0.6 is 27.5 Å². The summed E-state index contributed by atoms with van der Waals surface area (Å²) < 4.78 is 69.9. The third kappa shape index (κ3) is 4.64. The highest BCUT2D eigenvalue weighted by atomic mass is 79.9. The summed E-state index contributed by atoms with van der Waals surface area (Å²) in [7, 11) is -4.21. The van der Waals surface area contributed by atoms with Crippen LogP contribution in [0, 0.1) is 0 Å². The molecule has 1 aliphatic rings. The van der Waals surface area contributed by atoms with Crippen molar-refractivity contribution in [2.75, 3.05) is 0 Å². The second-order valence-corrected chi connectivity index (χ2v) is 13.3. The molecule has 0 saturated carbocycles. The van der Waals surface area contributed by atoms with Crippen LogP contribution in [0.1, 0.15) is 39.8 Å². The number of alkyl halides is 3. The molecule has 5 aromatic rings. The number of hydrogen-bond acceptors (Lipinski definition) is 2. The number of benzene rings is 5. The van der Waals surface area contributed by atoms with Crippen LogP contribution in [0.2, 0.25) is 5.02 Å². The van der Waals surface area contributed by atoms with E-state index in [-0.39, 0.29) is 17.2 Å². The lowest BCUT2D eigenvalue weighted by molar-refractivity contribution is -0.137. The summed E-state index contributed by atoms with van der Waals surface area (Å²) in [5, 5.41) is 3.26. The number of fused-ring (bicyclic) bond motifs is 5. The Bertz CT molecular complexity index is 1870. The summed E-state index contributed by atoms with van der Waals surface area (Å²) in [6.07, 6.45) is -3.84. The van der Waals surface area contributed by atoms with Crippen LogP contribution in [0.25, 0.3) is 21.5 Å². The summed E-state index contributed by atoms with van der Waals surface area (Å²) >= 11 is 9.74. The largest absolute Gasteiger partial charge is 0.416 e. The van der Waals surface area contributed by atoms with Gasteiger partial charge in [-0.3, -0.25) is 0 Å². The zero-order valence-corrected chi connectivity index (χ0v) is 23.5. The monoisotopic (exact) mass is 628 g/mol. The first-order valence-corrected chi connectivity index (χ1v) is 15.0. The number of hydrogen-bond donors (Lipinski definition) is 0. The molecule has 0 fully saturated rings. The van der Waals surface area contributed by atoms with Crippen molar-refractivity contribution in [2.45, 2.75) is 35.1 Å². The van der Waals surface area contributed by atoms with Gasteiger partial charge in [-0.2, -0.15) is 13.2 Å². The summed E-state index contributed by atoms with van der Waals surface area (Å²) in [6, 6.07) is 25.2. The molecule has 198 valence electrons. The fraction of sp³-hybridized carbons (Fsp3) is 0.161. The predicted molar refractivity (Wildman–Crippen MR) is 153 cm³/mol. The topological polar surface area (TPSA) is 34.1 Å². The van der Waals surface area contributed by atoms with E-state index in [1.807, 2.05) is 54.6 Å². The van der Waals surface area contributed by atoms with Crippen LogP contribution in [-0.2, 0) is 22.4 Å². The van der Waals surface area contributed by atoms with Crippen LogP contribution in [0.4, 0.5) is 13.2 Å². The summed E-state index contributed by atoms with van der Waals surface area (Å²) in [4.78, 5) is -0.332. The predicted octanol–water partition coefficient (Wildman–Crippen LogP) is 9.67. The highest BCUT2D eigenvalue weighted by Crippen LogP contribution is 2.49. The standard InChI is InChI=1S/C31H21BrClF3O2S/c32-28-17-22(33)10-13-25(28)20-14-19-9-11-26-24-7-2-1-4-18(24)8-12-27(26)30(19)29(15-20)39(37,38)23-6-3-5-21(16-23)31(34,35)36/h1-13,16-17,20,29H,14-15H2. The summed E-state index contributed by atoms with van der Waals surface area (Å²) in [6.45, 7) is 0. The second kappa shape index (κ2) is 9.65. The minimum atomic E-state index is -4.65. The molecule has 0 aliphatic heterocycles. The molecular weight excluding hydrogens is 609 g/mol. The van der Waals surface area contributed by atoms with E-state index in [9.17, 15) is 21.6 Å². The molecule has 2 unspecified atom stereocenters. The second-order valence-electron chi connectivity index (χ2n) is 9.88. The van der Waals surface area contributed by atoms with E-state index in [1.54, 1.807) is 12.1 Å². The molecule has 0 spiro atoms. The van der Waals surface area contributed by atoms with Gasteiger partial charge in [0.25, 0.3) is 0 Å². The Labute approximate surface area is 237 Å². The van der Waals surface area contributed by atoms with Crippen molar-refractivity contribution < 1.29 is 21.6 Å². The molecule has 0 aromatic heterocycles. The van der Waals surface area contributed by atoms with Crippen molar-refractivity contribution in [3.63, 3.8) is 0 Å². The third-order valence-electron chi connectivity index (χ3n) is 7.61. The maximum absolute atomic E-state index is 14.3. The molecule has 2 nitrogen and oxygen atoms in total. The lowest BCUT2D eigenvalue weighted by Gasteiger charge is -2.33. The van der Waals surface area contributed by atoms with Gasteiger partial charge in [0.15, 0.2) is 9.84 Å². The fourth-order valence-electron chi connectivity index (χ4n) is 5.80. The van der Waals surface area contributed by atoms with Crippen molar-refractivity contribution in [2.24, 2.45) is 0 Å². The van der Waals surface area contributed by atoms with Crippen molar-refractivity contribution in [1.82, 2.24) is 0 Å². The van der Waals surface area contributed by atoms with Crippen molar-refractivity contribution in [3.8, 4) is 0 Å². The molecule has 8 heteroatoms. The minimum absolute atomic E-state index is 0.187. The SMILES string of the molecule is O=S(=O)(c1cccc(C(F)(F)F)c1)C1CC(c2ccc(Cl)cc2Br)Cc2ccc3c(ccc4ccccc43)c21. The van der Waals surface area contributed by atoms with Crippen LogP contribution in [0.15, 0.2) is 100 Å². The van der Waals surface area contributed by atoms with E-state index in [0.717, 1.165) is 55.3 Å². The van der Waals surface area contributed by atoms with Crippen molar-refractivity contribution in [3.05, 3.63) is 123 Å². The van der Waals surface area contributed by atoms with Gasteiger partial charge in [-0.05, 0) is 87.3 Å². The lowest BCUT2D eigenvalue weighted by Crippen LogP contribution is -2.25. The first-order valence-electron chi connectivity index (χ1n) is 12.3. The van der Waals surface area contributed by atoms with Gasteiger partial charge in [-0.1, -0.05) is 88.2 Å². The van der Waals surface area contributed by atoms with Crippen LogP contribution in [0.5, 0.6) is 0 Å². The van der Waals surface area contributed by atoms with Crippen molar-refractivity contribution in [1.29, 1.82) is 0 Å². The Kier molecular flexibility index (Phi) is 6.52. The molecule has 0 bridgehead atoms. The van der Waals surface area contributed by atoms with Gasteiger partial charge in [0.05, 0.1) is 15.7 Å². The molecule has 6 rings (SSSR count). The maximum Gasteiger partial charge on any atom is 0.416 e. The van der Waals surface area contributed by atoms with E-state index >= 15 is 0 Å². The number of halogens is 5. The molecule has 2 atom stereocenters. The van der Waals surface area contributed by atoms with E-state index < -0.39 is 26.8 Å². The highest BCUT2D eigenvalue weighted by Gasteiger charge is 2.40. The molecule has 0 heterocycles. The van der Waals surface area contributed by atoms with E-state index in [4.69, 9.17) is 11.6 Å². The average molecular weight is 630 g/mol. The van der Waals surface area contributed by atoms with E-state index in [2.05, 4.69) is 15.9 Å². The first-order chi connectivity index (χ1) is 18.5. The van der Waals surface area contributed by atoms with Gasteiger partial charge < -0.3 is 0 Å². The summed E-state index contributed by atoms with van der Waals surface area (Å²) in [5.74, 6) is -0.187. The lowest BCUT2D eigenvalue weighted by atomic mass is 9.78. The molecule has 0 amide bonds. The molecule has 5 aromatic carbocycles. The zero-order chi connectivity index (χ0) is 27.5. The number of rotatable bonds is 3. The van der Waals surface area contributed by atoms with Gasteiger partial charge >= 0.3 is 6.18 Å². The Hall–Kier alpha value is -2.87. The van der Waals surface area contributed by atoms with Gasteiger partial charge in [-0.25, -0.2) is 8.42 Å². The molecule has 0 N–H and O–H groups in total. The molecule has 0 saturated heterocycles. The van der Waals surface area contributed by atoms with Gasteiger partial charge in [0.1, 0.15) is 0 Å². The molecular formula is C31H21BrClF3O2S. The minimum Gasteiger partial charge on any atom is -0.223 e. The quantitative estimate of drug-likeness (QED) is 0.186. The molecule has 39 heavy (non-hydrogen) atoms. The molecule has 0 radical (unpaired) electrons. The van der Waals surface area contributed by atoms with Crippen LogP contribution in [0.3, 0.4) is 0 Å². The average Bonchev–Trinajstić information content (AvgIpc) is 2.91. The fourth-order valence-corrected chi connectivity index (χ4v) is 8.77. The Morgan fingerprint density at radius 1 is 0.821 bits per heavy atom. The van der Waals surface area contributed by atoms with Crippen molar-refractivity contribution >= 4 is 58.9 Å². The smallest absolute Gasteiger partial charge is 0.223 e. The van der Waals surface area contributed by atoms with Gasteiger partial charge in [0, 0.05) is 9.50 Å². The van der Waals surface area contributed by atoms with E-state index in [1.165, 1.54) is 6.07 Å². The van der Waals surface area contributed by atoms with Gasteiger partial charge in [0.2, 0.25) is 0 Å². The molecule has 1 aliphatic carbocycles. The Balaban J connectivity index is 1.59. The zero-order valence-electron chi connectivity index (χ0n) is 20.3. The van der Waals surface area contributed by atoms with E-state index in [0.29, 0.717) is 17.0 Å². The summed E-state index contributed by atoms with van der Waals surface area (Å²) in [5.41, 5.74) is 1.46. The maximum atomic E-state index is 14.3. The highest BCUT2D eigenvalue weighted by molar-refractivity contribution is 9.10. The van der Waals surface area contributed by atoms with Gasteiger partial charge in [-0.15, -0.1) is 0 Å². The Morgan fingerprint density at radius 2 is 1.59 bits per heavy atom. The third-order valence-corrected chi connectivity index (χ3v) is 10.6. The van der Waals surface area contributed by atoms with Crippen LogP contribution < -0.4 is 0 Å². The Morgan fingerprint density at radius 3 is 2.36 bits per heavy atom. The first kappa shape index (κ1) is 26.4. The van der Waals surface area contributed by atoms with Crippen LogP contribution in [-0.4, -0.2) is 8.42 Å². The number of sulfone groups is 1.